The first-order valence-electron chi connectivity index (χ1n) is 9.35. The molecule has 2 aromatic heterocycles. The van der Waals surface area contributed by atoms with E-state index in [2.05, 4.69) is 25.7 Å². The predicted molar refractivity (Wildman–Crippen MR) is 114 cm³/mol. The van der Waals surface area contributed by atoms with Crippen molar-refractivity contribution in [1.29, 1.82) is 0 Å². The molecule has 3 aromatic rings. The van der Waals surface area contributed by atoms with Gasteiger partial charge < -0.3 is 20.5 Å². The van der Waals surface area contributed by atoms with Gasteiger partial charge in [-0.3, -0.25) is 9.48 Å². The summed E-state index contributed by atoms with van der Waals surface area (Å²) in [5, 5.41) is 19.4. The summed E-state index contributed by atoms with van der Waals surface area (Å²) in [6, 6.07) is 7.06. The molecular weight excluding hydrogens is 408 g/mol. The van der Waals surface area contributed by atoms with Crippen LogP contribution >= 0.6 is 11.6 Å². The molecule has 0 aliphatic carbocycles. The number of hydrogen-bond acceptors (Lipinski definition) is 7. The maximum absolute atomic E-state index is 12.2. The molecule has 0 saturated carbocycles. The third kappa shape index (κ3) is 4.87. The number of nitrogens with one attached hydrogen (secondary N) is 2. The van der Waals surface area contributed by atoms with Crippen LogP contribution in [0.3, 0.4) is 0 Å². The lowest BCUT2D eigenvalue weighted by molar-refractivity contribution is 0.0942. The van der Waals surface area contributed by atoms with Gasteiger partial charge in [-0.05, 0) is 32.0 Å². The molecule has 0 bridgehead atoms. The quantitative estimate of drug-likeness (QED) is 0.503. The van der Waals surface area contributed by atoms with Crippen LogP contribution in [-0.2, 0) is 0 Å². The van der Waals surface area contributed by atoms with E-state index in [0.717, 1.165) is 0 Å². The fourth-order valence-corrected chi connectivity index (χ4v) is 2.90. The molecule has 1 aromatic carbocycles. The number of ether oxygens (including phenoxy) is 1. The molecule has 9 nitrogen and oxygen atoms in total. The Hall–Kier alpha value is -3.17. The Balaban J connectivity index is 1.84. The Morgan fingerprint density at radius 1 is 1.33 bits per heavy atom. The number of aliphatic hydroxyl groups excluding tert-OH is 1. The van der Waals surface area contributed by atoms with Crippen molar-refractivity contribution in [2.45, 2.75) is 19.9 Å². The Bertz CT molecular complexity index is 1040. The molecule has 1 amide bonds. The van der Waals surface area contributed by atoms with E-state index in [1.807, 2.05) is 30.8 Å². The van der Waals surface area contributed by atoms with E-state index in [-0.39, 0.29) is 25.1 Å². The molecular formula is C20H23ClN6O3. The first-order valence-corrected chi connectivity index (χ1v) is 9.73. The Morgan fingerprint density at radius 3 is 2.80 bits per heavy atom. The first kappa shape index (κ1) is 21.5. The molecule has 0 spiro atoms. The van der Waals surface area contributed by atoms with Gasteiger partial charge in [0.2, 0.25) is 5.95 Å². The van der Waals surface area contributed by atoms with Gasteiger partial charge in [0, 0.05) is 30.5 Å². The van der Waals surface area contributed by atoms with Crippen LogP contribution in [0.25, 0.3) is 11.4 Å². The van der Waals surface area contributed by atoms with E-state index < -0.39 is 0 Å². The van der Waals surface area contributed by atoms with Gasteiger partial charge in [-0.25, -0.2) is 9.97 Å². The summed E-state index contributed by atoms with van der Waals surface area (Å²) in [5.41, 5.74) is 2.15. The fourth-order valence-electron chi connectivity index (χ4n) is 2.71. The number of aromatic nitrogens is 4. The minimum absolute atomic E-state index is 0.140. The fraction of sp³-hybridized carbons (Fsp3) is 0.300. The van der Waals surface area contributed by atoms with Crippen LogP contribution in [0.4, 0.5) is 11.6 Å². The van der Waals surface area contributed by atoms with E-state index in [9.17, 15) is 4.79 Å². The average molecular weight is 431 g/mol. The number of halogens is 1. The Kier molecular flexibility index (Phi) is 6.86. The lowest BCUT2D eigenvalue weighted by Crippen LogP contribution is -2.26. The van der Waals surface area contributed by atoms with Crippen molar-refractivity contribution >= 4 is 29.1 Å². The smallest absolute Gasteiger partial charge is 0.255 e. The van der Waals surface area contributed by atoms with E-state index in [4.69, 9.17) is 21.4 Å². The van der Waals surface area contributed by atoms with E-state index in [1.165, 1.54) is 13.3 Å². The molecule has 0 atom stereocenters. The van der Waals surface area contributed by atoms with Crippen LogP contribution in [0.1, 0.15) is 30.2 Å². The van der Waals surface area contributed by atoms with Gasteiger partial charge in [-0.1, -0.05) is 11.6 Å². The van der Waals surface area contributed by atoms with Gasteiger partial charge in [0.25, 0.3) is 5.91 Å². The summed E-state index contributed by atoms with van der Waals surface area (Å²) in [6.45, 7) is 4.09. The van der Waals surface area contributed by atoms with Crippen molar-refractivity contribution in [1.82, 2.24) is 25.1 Å². The lowest BCUT2D eigenvalue weighted by Gasteiger charge is -2.12. The molecule has 158 valence electrons. The maximum atomic E-state index is 12.2. The van der Waals surface area contributed by atoms with Crippen LogP contribution in [-0.4, -0.2) is 51.0 Å². The number of amides is 1. The summed E-state index contributed by atoms with van der Waals surface area (Å²) >= 11 is 6.28. The second-order valence-corrected chi connectivity index (χ2v) is 7.09. The minimum Gasteiger partial charge on any atom is -0.496 e. The third-order valence-corrected chi connectivity index (χ3v) is 4.50. The molecule has 3 N–H and O–H groups in total. The highest BCUT2D eigenvalue weighted by atomic mass is 35.5. The van der Waals surface area contributed by atoms with Crippen LogP contribution in [0.2, 0.25) is 5.02 Å². The van der Waals surface area contributed by atoms with Gasteiger partial charge >= 0.3 is 0 Å². The van der Waals surface area contributed by atoms with Crippen molar-refractivity contribution < 1.29 is 14.6 Å². The predicted octanol–water partition coefficient (Wildman–Crippen LogP) is 3.05. The molecule has 0 aliphatic rings. The topological polar surface area (TPSA) is 114 Å². The first-order chi connectivity index (χ1) is 14.4. The highest BCUT2D eigenvalue weighted by Gasteiger charge is 2.15. The van der Waals surface area contributed by atoms with Crippen LogP contribution in [0.5, 0.6) is 5.75 Å². The van der Waals surface area contributed by atoms with Crippen molar-refractivity contribution in [2.75, 3.05) is 25.6 Å². The number of nitrogens with zero attached hydrogens (tertiary/aromatic N) is 4. The van der Waals surface area contributed by atoms with Gasteiger partial charge in [0.05, 0.1) is 30.5 Å². The van der Waals surface area contributed by atoms with E-state index >= 15 is 0 Å². The molecule has 0 unspecified atom stereocenters. The second kappa shape index (κ2) is 9.55. The summed E-state index contributed by atoms with van der Waals surface area (Å²) in [5.74, 6) is 0.367. The van der Waals surface area contributed by atoms with Crippen LogP contribution in [0, 0.1) is 0 Å². The molecule has 0 aliphatic heterocycles. The van der Waals surface area contributed by atoms with Gasteiger partial charge in [0.1, 0.15) is 17.1 Å². The number of carbonyl (C=O) groups is 1. The molecule has 30 heavy (non-hydrogen) atoms. The summed E-state index contributed by atoms with van der Waals surface area (Å²) < 4.78 is 7.15. The molecule has 0 saturated heterocycles. The third-order valence-electron chi connectivity index (χ3n) is 4.22. The zero-order valence-corrected chi connectivity index (χ0v) is 17.6. The van der Waals surface area contributed by atoms with Crippen molar-refractivity contribution in [3.63, 3.8) is 0 Å². The summed E-state index contributed by atoms with van der Waals surface area (Å²) in [6.07, 6.45) is 3.38. The summed E-state index contributed by atoms with van der Waals surface area (Å²) in [7, 11) is 1.48. The minimum atomic E-state index is -0.335. The second-order valence-electron chi connectivity index (χ2n) is 6.68. The largest absolute Gasteiger partial charge is 0.496 e. The van der Waals surface area contributed by atoms with Crippen molar-refractivity contribution in [2.24, 2.45) is 0 Å². The maximum Gasteiger partial charge on any atom is 0.255 e. The highest BCUT2D eigenvalue weighted by Crippen LogP contribution is 2.28. The average Bonchev–Trinajstić information content (AvgIpc) is 3.23. The standard InChI is InChI=1S/C20H23ClN6O3/c1-12(2)27-8-6-16(26-27)18-15(21)11-23-20(25-18)24-13-4-5-14(17(10-13)30-3)19(29)22-7-9-28/h4-6,8,10-12,28H,7,9H2,1-3H3,(H,22,29)(H,23,24,25). The lowest BCUT2D eigenvalue weighted by atomic mass is 10.1. The summed E-state index contributed by atoms with van der Waals surface area (Å²) in [4.78, 5) is 20.9. The van der Waals surface area contributed by atoms with Gasteiger partial charge in [0.15, 0.2) is 0 Å². The number of carbonyl (C=O) groups excluding carboxylic acids is 1. The number of anilines is 2. The molecule has 3 rings (SSSR count). The number of benzene rings is 1. The molecule has 2 heterocycles. The zero-order chi connectivity index (χ0) is 21.7. The number of hydrogen-bond donors (Lipinski definition) is 3. The number of methoxy groups -OCH3 is 1. The molecule has 0 radical (unpaired) electrons. The van der Waals surface area contributed by atoms with Crippen molar-refractivity contribution in [3.8, 4) is 17.1 Å². The van der Waals surface area contributed by atoms with E-state index in [0.29, 0.717) is 39.4 Å². The number of aliphatic hydroxyl groups is 1. The molecule has 0 fully saturated rings. The normalized spacial score (nSPS) is 10.9. The van der Waals surface area contributed by atoms with Crippen LogP contribution < -0.4 is 15.4 Å². The molecule has 10 heteroatoms. The highest BCUT2D eigenvalue weighted by molar-refractivity contribution is 6.32. The monoisotopic (exact) mass is 430 g/mol. The number of rotatable bonds is 8. The Morgan fingerprint density at radius 2 is 2.13 bits per heavy atom. The van der Waals surface area contributed by atoms with Crippen LogP contribution in [0.15, 0.2) is 36.7 Å². The van der Waals surface area contributed by atoms with Gasteiger partial charge in [-0.2, -0.15) is 5.10 Å². The Labute approximate surface area is 179 Å². The van der Waals surface area contributed by atoms with Crippen molar-refractivity contribution in [3.05, 3.63) is 47.2 Å². The zero-order valence-electron chi connectivity index (χ0n) is 16.9. The SMILES string of the molecule is COc1cc(Nc2ncc(Cl)c(-c3ccn(C(C)C)n3)n2)ccc1C(=O)NCCO. The van der Waals surface area contributed by atoms with Gasteiger partial charge in [-0.15, -0.1) is 0 Å². The van der Waals surface area contributed by atoms with E-state index in [1.54, 1.807) is 18.2 Å².